The summed E-state index contributed by atoms with van der Waals surface area (Å²) in [5, 5.41) is 11.0. The standard InChI is InChI=1S/C18H15FN2O5S2/c1-10(2)20-17(22)16(28-18(20)27)8-12-4-5-13(26-12)9-25-15-7-11(19)3-6-14(15)21(23)24/h3-8,10H,9H2,1-2H3/b16-8-. The van der Waals surface area contributed by atoms with Crippen molar-refractivity contribution in [2.45, 2.75) is 26.5 Å². The average molecular weight is 422 g/mol. The topological polar surface area (TPSA) is 85.8 Å². The van der Waals surface area contributed by atoms with Crippen LogP contribution in [0, 0.1) is 15.9 Å². The second-order valence-corrected chi connectivity index (χ2v) is 7.78. The van der Waals surface area contributed by atoms with E-state index < -0.39 is 10.7 Å². The van der Waals surface area contributed by atoms with Gasteiger partial charge in [-0.25, -0.2) is 4.39 Å². The van der Waals surface area contributed by atoms with E-state index in [0.29, 0.717) is 20.7 Å². The molecule has 0 aliphatic carbocycles. The fourth-order valence-corrected chi connectivity index (χ4v) is 4.01. The third kappa shape index (κ3) is 4.23. The molecule has 1 fully saturated rings. The van der Waals surface area contributed by atoms with Gasteiger partial charge in [0.05, 0.1) is 9.83 Å². The van der Waals surface area contributed by atoms with Crippen LogP contribution in [0.4, 0.5) is 10.1 Å². The number of carbonyl (C=O) groups is 1. The molecular weight excluding hydrogens is 407 g/mol. The van der Waals surface area contributed by atoms with Gasteiger partial charge in [-0.15, -0.1) is 0 Å². The first kappa shape index (κ1) is 20.0. The molecule has 2 aromatic rings. The molecule has 1 aromatic heterocycles. The summed E-state index contributed by atoms with van der Waals surface area (Å²) in [5.41, 5.74) is -0.342. The number of furan rings is 1. The molecule has 28 heavy (non-hydrogen) atoms. The Morgan fingerprint density at radius 3 is 2.79 bits per heavy atom. The van der Waals surface area contributed by atoms with Crippen molar-refractivity contribution < 1.29 is 23.3 Å². The lowest BCUT2D eigenvalue weighted by atomic mass is 10.3. The highest BCUT2D eigenvalue weighted by Gasteiger charge is 2.33. The fraction of sp³-hybridized carbons (Fsp3) is 0.222. The highest BCUT2D eigenvalue weighted by Crippen LogP contribution is 2.34. The van der Waals surface area contributed by atoms with Crippen molar-refractivity contribution in [2.75, 3.05) is 0 Å². The summed E-state index contributed by atoms with van der Waals surface area (Å²) in [5.74, 6) is -0.246. The van der Waals surface area contributed by atoms with Gasteiger partial charge < -0.3 is 9.15 Å². The van der Waals surface area contributed by atoms with E-state index in [1.807, 2.05) is 13.8 Å². The van der Waals surface area contributed by atoms with Crippen molar-refractivity contribution in [3.63, 3.8) is 0 Å². The monoisotopic (exact) mass is 422 g/mol. The van der Waals surface area contributed by atoms with Gasteiger partial charge in [-0.2, -0.15) is 0 Å². The Labute approximate surface area is 169 Å². The molecule has 1 amide bonds. The largest absolute Gasteiger partial charge is 0.479 e. The van der Waals surface area contributed by atoms with E-state index in [2.05, 4.69) is 0 Å². The Balaban J connectivity index is 1.72. The molecule has 0 atom stereocenters. The SMILES string of the molecule is CC(C)N1C(=O)/C(=C/c2ccc(COc3cc(F)ccc3[N+](=O)[O-])o2)SC1=S. The van der Waals surface area contributed by atoms with Crippen LogP contribution in [0.15, 0.2) is 39.7 Å². The Kier molecular flexibility index (Phi) is 5.80. The Morgan fingerprint density at radius 2 is 2.14 bits per heavy atom. The second kappa shape index (κ2) is 8.11. The number of nitro benzene ring substituents is 1. The fourth-order valence-electron chi connectivity index (χ4n) is 2.51. The minimum Gasteiger partial charge on any atom is -0.479 e. The summed E-state index contributed by atoms with van der Waals surface area (Å²) in [4.78, 5) is 24.7. The summed E-state index contributed by atoms with van der Waals surface area (Å²) in [6, 6.07) is 6.18. The number of nitrogens with zero attached hydrogens (tertiary/aromatic N) is 2. The van der Waals surface area contributed by atoms with E-state index in [9.17, 15) is 19.3 Å². The first-order valence-electron chi connectivity index (χ1n) is 8.19. The first-order valence-corrected chi connectivity index (χ1v) is 9.41. The van der Waals surface area contributed by atoms with Gasteiger partial charge in [0, 0.05) is 24.3 Å². The minimum absolute atomic E-state index is 0.0407. The van der Waals surface area contributed by atoms with E-state index in [-0.39, 0.29) is 30.0 Å². The number of ether oxygens (including phenoxy) is 1. The zero-order valence-corrected chi connectivity index (χ0v) is 16.5. The quantitative estimate of drug-likeness (QED) is 0.293. The lowest BCUT2D eigenvalue weighted by Gasteiger charge is -2.18. The van der Waals surface area contributed by atoms with Gasteiger partial charge in [0.2, 0.25) is 0 Å². The number of halogens is 1. The normalized spacial score (nSPS) is 15.7. The lowest BCUT2D eigenvalue weighted by molar-refractivity contribution is -0.386. The second-order valence-electron chi connectivity index (χ2n) is 6.11. The molecule has 1 aromatic carbocycles. The molecule has 1 saturated heterocycles. The number of thiocarbonyl (C=S) groups is 1. The number of thioether (sulfide) groups is 1. The number of rotatable bonds is 6. The van der Waals surface area contributed by atoms with Crippen LogP contribution in [0.1, 0.15) is 25.4 Å². The number of carbonyl (C=O) groups excluding carboxylic acids is 1. The summed E-state index contributed by atoms with van der Waals surface area (Å²) >= 11 is 6.41. The van der Waals surface area contributed by atoms with Crippen molar-refractivity contribution in [3.8, 4) is 5.75 Å². The van der Waals surface area contributed by atoms with Gasteiger partial charge >= 0.3 is 5.69 Å². The van der Waals surface area contributed by atoms with Crippen LogP contribution in [-0.4, -0.2) is 26.1 Å². The maximum absolute atomic E-state index is 13.3. The van der Waals surface area contributed by atoms with Gasteiger partial charge in [-0.3, -0.25) is 19.8 Å². The number of hydrogen-bond donors (Lipinski definition) is 0. The average Bonchev–Trinajstić information content (AvgIpc) is 3.17. The van der Waals surface area contributed by atoms with Crippen LogP contribution < -0.4 is 4.74 Å². The van der Waals surface area contributed by atoms with E-state index in [4.69, 9.17) is 21.4 Å². The Hall–Kier alpha value is -2.72. The lowest BCUT2D eigenvalue weighted by Crippen LogP contribution is -2.34. The van der Waals surface area contributed by atoms with Crippen molar-refractivity contribution in [1.82, 2.24) is 4.90 Å². The molecule has 0 saturated carbocycles. The molecule has 1 aliphatic heterocycles. The zero-order valence-electron chi connectivity index (χ0n) is 14.9. The molecule has 1 aliphatic rings. The molecule has 0 spiro atoms. The van der Waals surface area contributed by atoms with Gasteiger partial charge in [-0.05, 0) is 32.0 Å². The molecule has 10 heteroatoms. The van der Waals surface area contributed by atoms with Crippen LogP contribution in [0.25, 0.3) is 6.08 Å². The zero-order chi connectivity index (χ0) is 20.4. The molecular formula is C18H15FN2O5S2. The van der Waals surface area contributed by atoms with Crippen molar-refractivity contribution in [2.24, 2.45) is 0 Å². The first-order chi connectivity index (χ1) is 13.3. The third-order valence-corrected chi connectivity index (χ3v) is 5.11. The highest BCUT2D eigenvalue weighted by atomic mass is 32.2. The molecule has 2 heterocycles. The van der Waals surface area contributed by atoms with Crippen LogP contribution in [0.2, 0.25) is 0 Å². The predicted octanol–water partition coefficient (Wildman–Crippen LogP) is 4.52. The number of hydrogen-bond acceptors (Lipinski definition) is 7. The smallest absolute Gasteiger partial charge is 0.311 e. The van der Waals surface area contributed by atoms with Crippen LogP contribution in [-0.2, 0) is 11.4 Å². The summed E-state index contributed by atoms with van der Waals surface area (Å²) < 4.78 is 24.8. The Morgan fingerprint density at radius 1 is 1.39 bits per heavy atom. The summed E-state index contributed by atoms with van der Waals surface area (Å²) in [6.45, 7) is 3.62. The minimum atomic E-state index is -0.654. The molecule has 0 unspecified atom stereocenters. The highest BCUT2D eigenvalue weighted by molar-refractivity contribution is 8.26. The Bertz CT molecular complexity index is 986. The van der Waals surface area contributed by atoms with Crippen molar-refractivity contribution in [3.05, 3.63) is 62.7 Å². The molecule has 0 bridgehead atoms. The molecule has 0 radical (unpaired) electrons. The summed E-state index contributed by atoms with van der Waals surface area (Å²) in [6.07, 6.45) is 1.58. The third-order valence-electron chi connectivity index (χ3n) is 3.78. The molecule has 3 rings (SSSR count). The van der Waals surface area contributed by atoms with E-state index in [0.717, 1.165) is 18.2 Å². The van der Waals surface area contributed by atoms with Crippen LogP contribution in [0.3, 0.4) is 0 Å². The number of nitro groups is 1. The molecule has 0 N–H and O–H groups in total. The van der Waals surface area contributed by atoms with Crippen molar-refractivity contribution >= 4 is 46.0 Å². The molecule has 7 nitrogen and oxygen atoms in total. The predicted molar refractivity (Wildman–Crippen MR) is 106 cm³/mol. The van der Waals surface area contributed by atoms with Gasteiger partial charge in [0.25, 0.3) is 5.91 Å². The number of amides is 1. The van der Waals surface area contributed by atoms with Crippen LogP contribution in [0.5, 0.6) is 5.75 Å². The van der Waals surface area contributed by atoms with E-state index in [1.165, 1.54) is 16.7 Å². The maximum Gasteiger partial charge on any atom is 0.311 e. The van der Waals surface area contributed by atoms with Crippen LogP contribution >= 0.6 is 24.0 Å². The van der Waals surface area contributed by atoms with Gasteiger partial charge in [0.1, 0.15) is 28.3 Å². The van der Waals surface area contributed by atoms with Gasteiger partial charge in [-0.1, -0.05) is 24.0 Å². The molecule has 146 valence electrons. The van der Waals surface area contributed by atoms with E-state index >= 15 is 0 Å². The van der Waals surface area contributed by atoms with Gasteiger partial charge in [0.15, 0.2) is 5.75 Å². The van der Waals surface area contributed by atoms with Crippen molar-refractivity contribution in [1.29, 1.82) is 0 Å². The summed E-state index contributed by atoms with van der Waals surface area (Å²) in [7, 11) is 0. The number of benzene rings is 1. The maximum atomic E-state index is 13.3. The van der Waals surface area contributed by atoms with E-state index in [1.54, 1.807) is 18.2 Å².